The fourth-order valence-corrected chi connectivity index (χ4v) is 3.93. The molecule has 0 saturated carbocycles. The van der Waals surface area contributed by atoms with E-state index >= 15 is 0 Å². The van der Waals surface area contributed by atoms with Gasteiger partial charge < -0.3 is 10.2 Å². The summed E-state index contributed by atoms with van der Waals surface area (Å²) < 4.78 is 13.2. The lowest BCUT2D eigenvalue weighted by Crippen LogP contribution is -2.42. The van der Waals surface area contributed by atoms with Crippen LogP contribution < -0.4 is 5.32 Å². The van der Waals surface area contributed by atoms with Crippen molar-refractivity contribution in [1.29, 1.82) is 0 Å². The highest BCUT2D eigenvalue weighted by Crippen LogP contribution is 2.37. The molecule has 3 unspecified atom stereocenters. The molecule has 3 rings (SSSR count). The first-order valence-electron chi connectivity index (χ1n) is 7.84. The highest BCUT2D eigenvalue weighted by atomic mass is 19.1. The van der Waals surface area contributed by atoms with Crippen LogP contribution in [0, 0.1) is 11.7 Å². The van der Waals surface area contributed by atoms with Gasteiger partial charge in [0.15, 0.2) is 0 Å². The third-order valence-electron chi connectivity index (χ3n) is 5.26. The molecule has 2 aliphatic rings. The summed E-state index contributed by atoms with van der Waals surface area (Å²) in [4.78, 5) is 2.58. The van der Waals surface area contributed by atoms with Gasteiger partial charge in [0, 0.05) is 18.1 Å². The summed E-state index contributed by atoms with van der Waals surface area (Å²) in [5.41, 5.74) is 1.04. The summed E-state index contributed by atoms with van der Waals surface area (Å²) in [6.07, 6.45) is 5.37. The Bertz CT molecular complexity index is 448. The molecule has 0 aromatic heterocycles. The molecule has 0 amide bonds. The van der Waals surface area contributed by atoms with Crippen LogP contribution >= 0.6 is 0 Å². The van der Waals surface area contributed by atoms with Gasteiger partial charge in [-0.25, -0.2) is 4.39 Å². The van der Waals surface area contributed by atoms with Crippen molar-refractivity contribution in [3.05, 3.63) is 35.6 Å². The number of halogens is 1. The first-order chi connectivity index (χ1) is 9.63. The standard InChI is InChI=1S/C17H25FN2/c1-12(14-4-3-5-15(18)10-14)19-11-13-8-16-6-7-17(9-13)20(16)2/h3-5,10,12-13,16-17,19H,6-9,11H2,1-2H3. The average molecular weight is 276 g/mol. The second-order valence-electron chi connectivity index (χ2n) is 6.57. The maximum atomic E-state index is 13.2. The van der Waals surface area contributed by atoms with Crippen LogP contribution in [0.4, 0.5) is 4.39 Å². The largest absolute Gasteiger partial charge is 0.310 e. The Morgan fingerprint density at radius 1 is 1.30 bits per heavy atom. The lowest BCUT2D eigenvalue weighted by molar-refractivity contribution is 0.131. The molecule has 20 heavy (non-hydrogen) atoms. The van der Waals surface area contributed by atoms with Gasteiger partial charge in [-0.05, 0) is 69.8 Å². The van der Waals surface area contributed by atoms with E-state index in [-0.39, 0.29) is 11.9 Å². The van der Waals surface area contributed by atoms with E-state index in [1.807, 2.05) is 6.07 Å². The summed E-state index contributed by atoms with van der Waals surface area (Å²) in [7, 11) is 2.28. The number of nitrogens with zero attached hydrogens (tertiary/aromatic N) is 1. The van der Waals surface area contributed by atoms with E-state index in [1.54, 1.807) is 12.1 Å². The fourth-order valence-electron chi connectivity index (χ4n) is 3.93. The van der Waals surface area contributed by atoms with E-state index in [4.69, 9.17) is 0 Å². The Balaban J connectivity index is 1.52. The molecule has 1 aromatic rings. The molecule has 0 aliphatic carbocycles. The van der Waals surface area contributed by atoms with Gasteiger partial charge in [0.25, 0.3) is 0 Å². The summed E-state index contributed by atoms with van der Waals surface area (Å²) >= 11 is 0. The van der Waals surface area contributed by atoms with Crippen molar-refractivity contribution in [3.63, 3.8) is 0 Å². The molecule has 2 heterocycles. The minimum Gasteiger partial charge on any atom is -0.310 e. The van der Waals surface area contributed by atoms with Crippen LogP contribution in [0.25, 0.3) is 0 Å². The Kier molecular flexibility index (Phi) is 4.08. The first kappa shape index (κ1) is 14.0. The molecule has 2 nitrogen and oxygen atoms in total. The molecule has 2 saturated heterocycles. The third kappa shape index (κ3) is 2.89. The van der Waals surface area contributed by atoms with Crippen molar-refractivity contribution in [1.82, 2.24) is 10.2 Å². The zero-order valence-electron chi connectivity index (χ0n) is 12.5. The van der Waals surface area contributed by atoms with Crippen LogP contribution in [0.15, 0.2) is 24.3 Å². The number of benzene rings is 1. The van der Waals surface area contributed by atoms with Gasteiger partial charge in [-0.3, -0.25) is 0 Å². The van der Waals surface area contributed by atoms with Crippen molar-refractivity contribution >= 4 is 0 Å². The highest BCUT2D eigenvalue weighted by molar-refractivity contribution is 5.19. The molecular formula is C17H25FN2. The Hall–Kier alpha value is -0.930. The Labute approximate surface area is 121 Å². The van der Waals surface area contributed by atoms with Crippen LogP contribution in [0.1, 0.15) is 44.2 Å². The summed E-state index contributed by atoms with van der Waals surface area (Å²) in [6.45, 7) is 3.18. The monoisotopic (exact) mass is 276 g/mol. The summed E-state index contributed by atoms with van der Waals surface area (Å²) in [5, 5.41) is 3.59. The van der Waals surface area contributed by atoms with Gasteiger partial charge in [-0.2, -0.15) is 0 Å². The fraction of sp³-hybridized carbons (Fsp3) is 0.647. The minimum atomic E-state index is -0.145. The van der Waals surface area contributed by atoms with Gasteiger partial charge >= 0.3 is 0 Å². The number of nitrogens with one attached hydrogen (secondary N) is 1. The van der Waals surface area contributed by atoms with Crippen LogP contribution in [-0.4, -0.2) is 30.6 Å². The van der Waals surface area contributed by atoms with E-state index in [9.17, 15) is 4.39 Å². The lowest BCUT2D eigenvalue weighted by atomic mass is 9.90. The van der Waals surface area contributed by atoms with Gasteiger partial charge in [-0.1, -0.05) is 12.1 Å². The predicted molar refractivity (Wildman–Crippen MR) is 80.1 cm³/mol. The van der Waals surface area contributed by atoms with Crippen LogP contribution in [0.2, 0.25) is 0 Å². The number of piperidine rings is 1. The number of fused-ring (bicyclic) bond motifs is 2. The molecule has 2 aliphatic heterocycles. The molecule has 3 heteroatoms. The van der Waals surface area contributed by atoms with Crippen molar-refractivity contribution < 1.29 is 4.39 Å². The maximum Gasteiger partial charge on any atom is 0.123 e. The van der Waals surface area contributed by atoms with Crippen molar-refractivity contribution in [2.45, 2.75) is 50.7 Å². The van der Waals surface area contributed by atoms with E-state index in [0.717, 1.165) is 30.1 Å². The van der Waals surface area contributed by atoms with Crippen LogP contribution in [0.3, 0.4) is 0 Å². The SMILES string of the molecule is CC(NCC1CC2CCC(C1)N2C)c1cccc(F)c1. The maximum absolute atomic E-state index is 13.2. The number of hydrogen-bond acceptors (Lipinski definition) is 2. The first-order valence-corrected chi connectivity index (χ1v) is 7.84. The molecule has 0 radical (unpaired) electrons. The predicted octanol–water partition coefficient (Wildman–Crippen LogP) is 3.35. The molecule has 2 bridgehead atoms. The van der Waals surface area contributed by atoms with Crippen LogP contribution in [-0.2, 0) is 0 Å². The minimum absolute atomic E-state index is 0.145. The molecule has 0 spiro atoms. The average Bonchev–Trinajstić information content (AvgIpc) is 2.66. The van der Waals surface area contributed by atoms with Crippen LogP contribution in [0.5, 0.6) is 0 Å². The quantitative estimate of drug-likeness (QED) is 0.907. The topological polar surface area (TPSA) is 15.3 Å². The summed E-state index contributed by atoms with van der Waals surface area (Å²) in [5.74, 6) is 0.633. The van der Waals surface area contributed by atoms with Gasteiger partial charge in [0.2, 0.25) is 0 Å². The van der Waals surface area contributed by atoms with Crippen molar-refractivity contribution in [2.75, 3.05) is 13.6 Å². The smallest absolute Gasteiger partial charge is 0.123 e. The number of hydrogen-bond donors (Lipinski definition) is 1. The van der Waals surface area contributed by atoms with Crippen molar-refractivity contribution in [2.24, 2.45) is 5.92 Å². The van der Waals surface area contributed by atoms with Gasteiger partial charge in [0.05, 0.1) is 0 Å². The molecule has 1 N–H and O–H groups in total. The molecule has 110 valence electrons. The highest BCUT2D eigenvalue weighted by Gasteiger charge is 2.38. The third-order valence-corrected chi connectivity index (χ3v) is 5.26. The zero-order valence-corrected chi connectivity index (χ0v) is 12.5. The molecular weight excluding hydrogens is 251 g/mol. The Morgan fingerprint density at radius 3 is 2.65 bits per heavy atom. The Morgan fingerprint density at radius 2 is 2.00 bits per heavy atom. The van der Waals surface area contributed by atoms with E-state index in [0.29, 0.717) is 0 Å². The second-order valence-corrected chi connectivity index (χ2v) is 6.57. The normalized spacial score (nSPS) is 31.4. The van der Waals surface area contributed by atoms with Crippen molar-refractivity contribution in [3.8, 4) is 0 Å². The molecule has 3 atom stereocenters. The van der Waals surface area contributed by atoms with E-state index in [2.05, 4.69) is 24.2 Å². The van der Waals surface area contributed by atoms with E-state index in [1.165, 1.54) is 31.7 Å². The molecule has 2 fully saturated rings. The summed E-state index contributed by atoms with van der Waals surface area (Å²) in [6, 6.07) is 8.75. The zero-order chi connectivity index (χ0) is 14.1. The lowest BCUT2D eigenvalue weighted by Gasteiger charge is -2.36. The van der Waals surface area contributed by atoms with Gasteiger partial charge in [-0.15, -0.1) is 0 Å². The second kappa shape index (κ2) is 5.82. The van der Waals surface area contributed by atoms with Gasteiger partial charge in [0.1, 0.15) is 5.82 Å². The van der Waals surface area contributed by atoms with E-state index < -0.39 is 0 Å². The molecule has 1 aromatic carbocycles. The number of rotatable bonds is 4.